The largest absolute Gasteiger partial charge is 0.476 e. The highest BCUT2D eigenvalue weighted by molar-refractivity contribution is 7.13. The van der Waals surface area contributed by atoms with Crippen molar-refractivity contribution in [1.29, 1.82) is 0 Å². The van der Waals surface area contributed by atoms with Crippen molar-refractivity contribution >= 4 is 28.9 Å². The van der Waals surface area contributed by atoms with E-state index in [0.717, 1.165) is 24.1 Å². The van der Waals surface area contributed by atoms with Crippen molar-refractivity contribution in [2.24, 2.45) is 7.05 Å². The minimum absolute atomic E-state index is 0.0476. The van der Waals surface area contributed by atoms with E-state index in [1.807, 2.05) is 12.1 Å². The average Bonchev–Trinajstić information content (AvgIpc) is 3.37. The monoisotopic (exact) mass is 444 g/mol. The number of carbonyl (C=O) groups is 2. The zero-order valence-electron chi connectivity index (χ0n) is 17.1. The molecule has 0 atom stereocenters. The number of hydrogen-bond donors (Lipinski definition) is 3. The standard InChI is InChI=1S/C20H24N6O4S/c1-26-11-15(21)17(25-26)18(27)23-6-3-9-30-8-2-4-14-10-13(5-7-22-14)19-24-16(12-31-19)20(28)29/h5,7,10-12H,2-4,6,8-9,21H2,1H3,(H,23,27)(H,28,29). The number of hydrogen-bond acceptors (Lipinski definition) is 8. The maximum Gasteiger partial charge on any atom is 0.355 e. The van der Waals surface area contributed by atoms with Gasteiger partial charge in [0, 0.05) is 55.8 Å². The molecule has 10 nitrogen and oxygen atoms in total. The first kappa shape index (κ1) is 22.4. The third-order valence-corrected chi connectivity index (χ3v) is 5.22. The lowest BCUT2D eigenvalue weighted by molar-refractivity contribution is 0.0691. The van der Waals surface area contributed by atoms with Crippen LogP contribution in [0.2, 0.25) is 0 Å². The molecule has 0 spiro atoms. The number of aromatic nitrogens is 4. The molecule has 0 aliphatic carbocycles. The quantitative estimate of drug-likeness (QED) is 0.381. The number of thiazole rings is 1. The number of ether oxygens (including phenoxy) is 1. The Morgan fingerprint density at radius 3 is 2.84 bits per heavy atom. The molecule has 0 radical (unpaired) electrons. The summed E-state index contributed by atoms with van der Waals surface area (Å²) in [5, 5.41) is 18.0. The minimum Gasteiger partial charge on any atom is -0.476 e. The molecule has 1 amide bonds. The zero-order chi connectivity index (χ0) is 22.2. The van der Waals surface area contributed by atoms with Crippen LogP contribution in [0.4, 0.5) is 5.69 Å². The van der Waals surface area contributed by atoms with Crippen LogP contribution >= 0.6 is 11.3 Å². The van der Waals surface area contributed by atoms with Crippen LogP contribution in [0.1, 0.15) is 39.5 Å². The Morgan fingerprint density at radius 1 is 1.32 bits per heavy atom. The number of anilines is 1. The second kappa shape index (κ2) is 10.6. The molecule has 164 valence electrons. The average molecular weight is 445 g/mol. The van der Waals surface area contributed by atoms with E-state index in [1.54, 1.807) is 19.4 Å². The van der Waals surface area contributed by atoms with Gasteiger partial charge in [-0.3, -0.25) is 14.5 Å². The number of rotatable bonds is 11. The Morgan fingerprint density at radius 2 is 2.13 bits per heavy atom. The summed E-state index contributed by atoms with van der Waals surface area (Å²) in [6, 6.07) is 3.74. The summed E-state index contributed by atoms with van der Waals surface area (Å²) >= 11 is 1.30. The molecule has 3 aromatic heterocycles. The molecule has 11 heteroatoms. The summed E-state index contributed by atoms with van der Waals surface area (Å²) in [5.41, 5.74) is 8.11. The molecule has 0 saturated carbocycles. The van der Waals surface area contributed by atoms with Gasteiger partial charge in [-0.2, -0.15) is 5.10 Å². The van der Waals surface area contributed by atoms with Gasteiger partial charge < -0.3 is 20.9 Å². The summed E-state index contributed by atoms with van der Waals surface area (Å²) in [5.74, 6) is -1.32. The number of carboxylic acid groups (broad SMARTS) is 1. The first-order valence-electron chi connectivity index (χ1n) is 9.73. The number of nitrogens with two attached hydrogens (primary N) is 1. The molecule has 3 rings (SSSR count). The molecule has 31 heavy (non-hydrogen) atoms. The van der Waals surface area contributed by atoms with E-state index in [9.17, 15) is 9.59 Å². The Balaban J connectivity index is 1.32. The fourth-order valence-corrected chi connectivity index (χ4v) is 3.64. The number of carbonyl (C=O) groups excluding carboxylic acids is 1. The predicted octanol–water partition coefficient (Wildman–Crippen LogP) is 1.99. The molecule has 0 fully saturated rings. The maximum absolute atomic E-state index is 12.0. The Kier molecular flexibility index (Phi) is 7.68. The SMILES string of the molecule is Cn1cc(N)c(C(=O)NCCCOCCCc2cc(-c3nc(C(=O)O)cs3)ccn2)n1. The van der Waals surface area contributed by atoms with Gasteiger partial charge in [0.15, 0.2) is 11.4 Å². The van der Waals surface area contributed by atoms with E-state index in [0.29, 0.717) is 36.9 Å². The van der Waals surface area contributed by atoms with Gasteiger partial charge in [-0.15, -0.1) is 11.3 Å². The third-order valence-electron chi connectivity index (χ3n) is 4.33. The lowest BCUT2D eigenvalue weighted by atomic mass is 10.1. The van der Waals surface area contributed by atoms with Gasteiger partial charge in [0.05, 0.1) is 5.69 Å². The van der Waals surface area contributed by atoms with Crippen molar-refractivity contribution in [2.45, 2.75) is 19.3 Å². The van der Waals surface area contributed by atoms with Crippen LogP contribution in [0.5, 0.6) is 0 Å². The summed E-state index contributed by atoms with van der Waals surface area (Å²) < 4.78 is 7.12. The molecule has 0 aliphatic heterocycles. The summed E-state index contributed by atoms with van der Waals surface area (Å²) in [6.07, 6.45) is 5.51. The first-order chi connectivity index (χ1) is 14.9. The van der Waals surface area contributed by atoms with Gasteiger partial charge in [0.1, 0.15) is 5.01 Å². The molecular formula is C20H24N6O4S. The number of nitrogens with one attached hydrogen (secondary N) is 1. The number of nitrogens with zero attached hydrogens (tertiary/aromatic N) is 4. The van der Waals surface area contributed by atoms with E-state index in [-0.39, 0.29) is 17.3 Å². The zero-order valence-corrected chi connectivity index (χ0v) is 17.9. The summed E-state index contributed by atoms with van der Waals surface area (Å²) in [4.78, 5) is 31.4. The molecule has 4 N–H and O–H groups in total. The van der Waals surface area contributed by atoms with E-state index in [2.05, 4.69) is 20.4 Å². The minimum atomic E-state index is -1.03. The number of pyridine rings is 1. The maximum atomic E-state index is 12.0. The normalized spacial score (nSPS) is 10.9. The molecule has 0 saturated heterocycles. The van der Waals surface area contributed by atoms with Crippen LogP contribution in [0.3, 0.4) is 0 Å². The highest BCUT2D eigenvalue weighted by Crippen LogP contribution is 2.24. The smallest absolute Gasteiger partial charge is 0.355 e. The number of aryl methyl sites for hydroxylation is 2. The van der Waals surface area contributed by atoms with Crippen LogP contribution in [-0.2, 0) is 18.2 Å². The Hall–Kier alpha value is -3.31. The van der Waals surface area contributed by atoms with Gasteiger partial charge in [0.25, 0.3) is 5.91 Å². The molecule has 0 unspecified atom stereocenters. The van der Waals surface area contributed by atoms with E-state index in [4.69, 9.17) is 15.6 Å². The molecule has 3 heterocycles. The van der Waals surface area contributed by atoms with Crippen molar-refractivity contribution in [3.8, 4) is 10.6 Å². The van der Waals surface area contributed by atoms with Crippen molar-refractivity contribution in [3.05, 3.63) is 47.0 Å². The van der Waals surface area contributed by atoms with Crippen molar-refractivity contribution in [2.75, 3.05) is 25.5 Å². The van der Waals surface area contributed by atoms with Crippen molar-refractivity contribution in [3.63, 3.8) is 0 Å². The molecule has 0 aromatic carbocycles. The second-order valence-electron chi connectivity index (χ2n) is 6.81. The fraction of sp³-hybridized carbons (Fsp3) is 0.350. The lowest BCUT2D eigenvalue weighted by Gasteiger charge is -2.06. The van der Waals surface area contributed by atoms with E-state index >= 15 is 0 Å². The van der Waals surface area contributed by atoms with Gasteiger partial charge in [-0.1, -0.05) is 0 Å². The molecular weight excluding hydrogens is 420 g/mol. The van der Waals surface area contributed by atoms with Crippen LogP contribution < -0.4 is 11.1 Å². The van der Waals surface area contributed by atoms with Gasteiger partial charge >= 0.3 is 5.97 Å². The molecule has 0 aliphatic rings. The van der Waals surface area contributed by atoms with Crippen molar-refractivity contribution < 1.29 is 19.4 Å². The first-order valence-corrected chi connectivity index (χ1v) is 10.6. The van der Waals surface area contributed by atoms with Crippen LogP contribution in [-0.4, -0.2) is 56.5 Å². The van der Waals surface area contributed by atoms with E-state index in [1.165, 1.54) is 21.4 Å². The fourth-order valence-electron chi connectivity index (χ4n) is 2.85. The summed E-state index contributed by atoms with van der Waals surface area (Å²) in [7, 11) is 1.71. The van der Waals surface area contributed by atoms with Gasteiger partial charge in [0.2, 0.25) is 0 Å². The third kappa shape index (κ3) is 6.33. The Labute approximate surface area is 183 Å². The van der Waals surface area contributed by atoms with Crippen LogP contribution in [0, 0.1) is 0 Å². The molecule has 3 aromatic rings. The predicted molar refractivity (Wildman–Crippen MR) is 116 cm³/mol. The van der Waals surface area contributed by atoms with Crippen LogP contribution in [0.25, 0.3) is 10.6 Å². The number of nitrogen functional groups attached to an aromatic ring is 1. The van der Waals surface area contributed by atoms with Gasteiger partial charge in [-0.25, -0.2) is 9.78 Å². The second-order valence-corrected chi connectivity index (χ2v) is 7.67. The number of aromatic carboxylic acids is 1. The van der Waals surface area contributed by atoms with Crippen LogP contribution in [0.15, 0.2) is 29.9 Å². The molecule has 0 bridgehead atoms. The van der Waals surface area contributed by atoms with E-state index < -0.39 is 5.97 Å². The lowest BCUT2D eigenvalue weighted by Crippen LogP contribution is -2.26. The van der Waals surface area contributed by atoms with Gasteiger partial charge in [-0.05, 0) is 31.4 Å². The highest BCUT2D eigenvalue weighted by Gasteiger charge is 2.13. The Bertz CT molecular complexity index is 1050. The number of carboxylic acids is 1. The van der Waals surface area contributed by atoms with Crippen molar-refractivity contribution in [1.82, 2.24) is 25.1 Å². The summed E-state index contributed by atoms with van der Waals surface area (Å²) in [6.45, 7) is 1.58. The highest BCUT2D eigenvalue weighted by atomic mass is 32.1. The number of amides is 1. The topological polar surface area (TPSA) is 145 Å².